The molecule has 7 nitrogen and oxygen atoms in total. The predicted molar refractivity (Wildman–Crippen MR) is 78.3 cm³/mol. The van der Waals surface area contributed by atoms with E-state index in [0.717, 1.165) is 25.9 Å². The number of rotatable bonds is 5. The number of nitro groups is 1. The smallest absolute Gasteiger partial charge is 0.269 e. The van der Waals surface area contributed by atoms with Gasteiger partial charge in [-0.25, -0.2) is 0 Å². The Morgan fingerprint density at radius 2 is 2.19 bits per heavy atom. The van der Waals surface area contributed by atoms with Gasteiger partial charge in [-0.15, -0.1) is 0 Å². The molecule has 0 unspecified atom stereocenters. The van der Waals surface area contributed by atoms with Gasteiger partial charge in [-0.1, -0.05) is 0 Å². The molecule has 0 radical (unpaired) electrons. The van der Waals surface area contributed by atoms with Crippen LogP contribution in [-0.4, -0.2) is 36.6 Å². The van der Waals surface area contributed by atoms with Crippen molar-refractivity contribution in [1.29, 1.82) is 0 Å². The molecule has 0 bridgehead atoms. The van der Waals surface area contributed by atoms with Gasteiger partial charge in [0.2, 0.25) is 5.91 Å². The Kier molecular flexibility index (Phi) is 5.24. The summed E-state index contributed by atoms with van der Waals surface area (Å²) >= 11 is 0. The van der Waals surface area contributed by atoms with E-state index in [9.17, 15) is 14.9 Å². The molecule has 1 heterocycles. The number of piperidine rings is 1. The van der Waals surface area contributed by atoms with Crippen LogP contribution in [0.4, 0.5) is 11.4 Å². The van der Waals surface area contributed by atoms with Crippen LogP contribution in [0.5, 0.6) is 0 Å². The summed E-state index contributed by atoms with van der Waals surface area (Å²) in [6.07, 6.45) is 1.93. The van der Waals surface area contributed by atoms with E-state index >= 15 is 0 Å². The summed E-state index contributed by atoms with van der Waals surface area (Å²) in [5, 5.41) is 16.6. The Hall–Kier alpha value is -1.99. The molecule has 1 fully saturated rings. The number of benzene rings is 1. The minimum atomic E-state index is -0.460. The Bertz CT molecular complexity index is 527. The van der Waals surface area contributed by atoms with Crippen molar-refractivity contribution < 1.29 is 14.5 Å². The third kappa shape index (κ3) is 4.51. The maximum Gasteiger partial charge on any atom is 0.269 e. The zero-order valence-electron chi connectivity index (χ0n) is 11.9. The van der Waals surface area contributed by atoms with E-state index in [1.807, 2.05) is 0 Å². The molecule has 1 saturated heterocycles. The average molecular weight is 293 g/mol. The van der Waals surface area contributed by atoms with Crippen LogP contribution in [0.2, 0.25) is 0 Å². The number of nitrogens with one attached hydrogen (secondary N) is 2. The number of nitro benzene ring substituents is 1. The molecule has 1 aromatic carbocycles. The molecule has 2 rings (SSSR count). The Balaban J connectivity index is 1.85. The first kappa shape index (κ1) is 15.4. The number of hydrogen-bond donors (Lipinski definition) is 2. The molecule has 7 heteroatoms. The zero-order valence-corrected chi connectivity index (χ0v) is 11.9. The van der Waals surface area contributed by atoms with Crippen LogP contribution >= 0.6 is 0 Å². The number of aryl methyl sites for hydroxylation is 1. The first-order valence-electron chi connectivity index (χ1n) is 6.93. The summed E-state index contributed by atoms with van der Waals surface area (Å²) in [7, 11) is 0. The van der Waals surface area contributed by atoms with E-state index in [-0.39, 0.29) is 24.3 Å². The van der Waals surface area contributed by atoms with E-state index in [4.69, 9.17) is 4.74 Å². The molecule has 0 saturated carbocycles. The van der Waals surface area contributed by atoms with Gasteiger partial charge in [0.05, 0.1) is 11.0 Å². The van der Waals surface area contributed by atoms with E-state index in [1.54, 1.807) is 6.92 Å². The predicted octanol–water partition coefficient (Wildman–Crippen LogP) is 1.61. The first-order valence-corrected chi connectivity index (χ1v) is 6.93. The maximum absolute atomic E-state index is 11.8. The average Bonchev–Trinajstić information content (AvgIpc) is 2.48. The van der Waals surface area contributed by atoms with E-state index in [0.29, 0.717) is 11.3 Å². The third-order valence-electron chi connectivity index (χ3n) is 3.43. The lowest BCUT2D eigenvalue weighted by Gasteiger charge is -2.22. The van der Waals surface area contributed by atoms with Crippen molar-refractivity contribution in [1.82, 2.24) is 5.32 Å². The lowest BCUT2D eigenvalue weighted by Crippen LogP contribution is -2.34. The van der Waals surface area contributed by atoms with Crippen LogP contribution in [0.25, 0.3) is 0 Å². The zero-order chi connectivity index (χ0) is 15.2. The molecule has 0 aliphatic carbocycles. The van der Waals surface area contributed by atoms with Crippen LogP contribution in [0.1, 0.15) is 18.4 Å². The Morgan fingerprint density at radius 3 is 2.81 bits per heavy atom. The monoisotopic (exact) mass is 293 g/mol. The lowest BCUT2D eigenvalue weighted by atomic mass is 10.1. The highest BCUT2D eigenvalue weighted by Crippen LogP contribution is 2.21. The third-order valence-corrected chi connectivity index (χ3v) is 3.43. The summed E-state index contributed by atoms with van der Waals surface area (Å²) in [4.78, 5) is 22.0. The van der Waals surface area contributed by atoms with Gasteiger partial charge in [0.1, 0.15) is 6.61 Å². The fourth-order valence-electron chi connectivity index (χ4n) is 2.24. The van der Waals surface area contributed by atoms with E-state index in [2.05, 4.69) is 10.6 Å². The summed E-state index contributed by atoms with van der Waals surface area (Å²) in [6, 6.07) is 4.34. The summed E-state index contributed by atoms with van der Waals surface area (Å²) < 4.78 is 5.56. The maximum atomic E-state index is 11.8. The minimum Gasteiger partial charge on any atom is -0.368 e. The number of nitrogens with zero attached hydrogens (tertiary/aromatic N) is 1. The number of amides is 1. The lowest BCUT2D eigenvalue weighted by molar-refractivity contribution is -0.384. The van der Waals surface area contributed by atoms with Crippen LogP contribution in [0, 0.1) is 17.0 Å². The quantitative estimate of drug-likeness (QED) is 0.635. The number of carbonyl (C=O) groups excluding carboxylic acids is 1. The van der Waals surface area contributed by atoms with Gasteiger partial charge < -0.3 is 15.4 Å². The topological polar surface area (TPSA) is 93.5 Å². The fraction of sp³-hybridized carbons (Fsp3) is 0.500. The van der Waals surface area contributed by atoms with Gasteiger partial charge in [-0.2, -0.15) is 0 Å². The van der Waals surface area contributed by atoms with Crippen molar-refractivity contribution in [3.05, 3.63) is 33.9 Å². The highest BCUT2D eigenvalue weighted by atomic mass is 16.6. The molecule has 1 aliphatic heterocycles. The van der Waals surface area contributed by atoms with Crippen LogP contribution in [0.15, 0.2) is 18.2 Å². The molecule has 1 amide bonds. The highest BCUT2D eigenvalue weighted by molar-refractivity contribution is 5.92. The van der Waals surface area contributed by atoms with Crippen molar-refractivity contribution in [2.75, 3.05) is 25.0 Å². The second-order valence-corrected chi connectivity index (χ2v) is 5.06. The van der Waals surface area contributed by atoms with Crippen LogP contribution < -0.4 is 10.6 Å². The Morgan fingerprint density at radius 1 is 1.48 bits per heavy atom. The number of anilines is 1. The van der Waals surface area contributed by atoms with Crippen molar-refractivity contribution in [3.8, 4) is 0 Å². The second kappa shape index (κ2) is 7.14. The molecule has 21 heavy (non-hydrogen) atoms. The molecular formula is C14H19N3O4. The molecule has 114 valence electrons. The van der Waals surface area contributed by atoms with Gasteiger partial charge in [0, 0.05) is 17.8 Å². The van der Waals surface area contributed by atoms with Gasteiger partial charge in [0.15, 0.2) is 0 Å². The number of ether oxygens (including phenoxy) is 1. The van der Waals surface area contributed by atoms with Gasteiger partial charge in [-0.3, -0.25) is 14.9 Å². The summed E-state index contributed by atoms with van der Waals surface area (Å²) in [5.41, 5.74) is 1.23. The molecule has 1 aliphatic rings. The molecule has 0 aromatic heterocycles. The molecule has 2 N–H and O–H groups in total. The normalized spacial score (nSPS) is 15.7. The number of non-ortho nitro benzene ring substituents is 1. The molecule has 0 spiro atoms. The SMILES string of the molecule is Cc1cc([N+](=O)[O-])ccc1NC(=O)COC1CCNCC1. The van der Waals surface area contributed by atoms with E-state index in [1.165, 1.54) is 18.2 Å². The first-order chi connectivity index (χ1) is 10.1. The standard InChI is InChI=1S/C14H19N3O4/c1-10-8-11(17(19)20)2-3-13(10)16-14(18)9-21-12-4-6-15-7-5-12/h2-3,8,12,15H,4-7,9H2,1H3,(H,16,18). The summed E-state index contributed by atoms with van der Waals surface area (Å²) in [5.74, 6) is -0.245. The van der Waals surface area contributed by atoms with Gasteiger partial charge >= 0.3 is 0 Å². The largest absolute Gasteiger partial charge is 0.368 e. The number of carbonyl (C=O) groups is 1. The van der Waals surface area contributed by atoms with Crippen molar-refractivity contribution >= 4 is 17.3 Å². The van der Waals surface area contributed by atoms with E-state index < -0.39 is 4.92 Å². The van der Waals surface area contributed by atoms with Crippen molar-refractivity contribution in [2.24, 2.45) is 0 Å². The van der Waals surface area contributed by atoms with Crippen LogP contribution in [0.3, 0.4) is 0 Å². The second-order valence-electron chi connectivity index (χ2n) is 5.06. The van der Waals surface area contributed by atoms with Gasteiger partial charge in [0.25, 0.3) is 5.69 Å². The number of hydrogen-bond acceptors (Lipinski definition) is 5. The molecule has 1 aromatic rings. The molecular weight excluding hydrogens is 274 g/mol. The van der Waals surface area contributed by atoms with Crippen molar-refractivity contribution in [3.63, 3.8) is 0 Å². The fourth-order valence-corrected chi connectivity index (χ4v) is 2.24. The Labute approximate surface area is 122 Å². The summed E-state index contributed by atoms with van der Waals surface area (Å²) in [6.45, 7) is 3.54. The molecule has 0 atom stereocenters. The highest BCUT2D eigenvalue weighted by Gasteiger charge is 2.15. The van der Waals surface area contributed by atoms with Gasteiger partial charge in [-0.05, 0) is 44.5 Å². The van der Waals surface area contributed by atoms with Crippen molar-refractivity contribution in [2.45, 2.75) is 25.9 Å². The van der Waals surface area contributed by atoms with Crippen LogP contribution in [-0.2, 0) is 9.53 Å². The minimum absolute atomic E-state index is 0.00109.